The van der Waals surface area contributed by atoms with Gasteiger partial charge in [0.1, 0.15) is 0 Å². The van der Waals surface area contributed by atoms with Gasteiger partial charge in [-0.05, 0) is 59.7 Å². The average molecular weight is 505 g/mol. The van der Waals surface area contributed by atoms with Gasteiger partial charge in [-0.2, -0.15) is 0 Å². The molecule has 0 fully saturated rings. The Hall–Kier alpha value is -3.90. The number of aromatic nitrogens is 3. The lowest BCUT2D eigenvalue weighted by Gasteiger charge is -2.26. The van der Waals surface area contributed by atoms with Crippen molar-refractivity contribution in [3.8, 4) is 0 Å². The molecule has 0 aliphatic heterocycles. The Bertz CT molecular complexity index is 1530. The van der Waals surface area contributed by atoms with Crippen molar-refractivity contribution in [1.82, 2.24) is 19.9 Å². The zero-order chi connectivity index (χ0) is 25.0. The molecule has 0 saturated carbocycles. The van der Waals surface area contributed by atoms with E-state index in [0.29, 0.717) is 5.56 Å². The zero-order valence-electron chi connectivity index (χ0n) is 20.5. The van der Waals surface area contributed by atoms with E-state index < -0.39 is 0 Å². The van der Waals surface area contributed by atoms with E-state index in [2.05, 4.69) is 63.4 Å². The molecule has 1 N–H and O–H groups in total. The van der Waals surface area contributed by atoms with Crippen molar-refractivity contribution < 1.29 is 4.79 Å². The van der Waals surface area contributed by atoms with Crippen LogP contribution in [0.15, 0.2) is 102 Å². The van der Waals surface area contributed by atoms with Gasteiger partial charge in [0.15, 0.2) is 5.16 Å². The van der Waals surface area contributed by atoms with Crippen molar-refractivity contribution in [2.45, 2.75) is 42.8 Å². The van der Waals surface area contributed by atoms with Gasteiger partial charge in [-0.1, -0.05) is 78.5 Å². The van der Waals surface area contributed by atoms with E-state index in [1.807, 2.05) is 42.6 Å². The lowest BCUT2D eigenvalue weighted by atomic mass is 9.87. The van der Waals surface area contributed by atoms with E-state index in [9.17, 15) is 4.79 Å². The number of imidazole rings is 1. The maximum absolute atomic E-state index is 13.0. The van der Waals surface area contributed by atoms with Crippen LogP contribution >= 0.6 is 11.8 Å². The van der Waals surface area contributed by atoms with Gasteiger partial charge in [-0.15, -0.1) is 0 Å². The maximum atomic E-state index is 13.0. The molecule has 6 rings (SSSR count). The number of carbonyl (C=O) groups excluding carboxylic acids is 1. The number of hydrogen-bond acceptors (Lipinski definition) is 4. The molecule has 3 aromatic carbocycles. The van der Waals surface area contributed by atoms with E-state index in [4.69, 9.17) is 4.98 Å². The molecule has 0 spiro atoms. The van der Waals surface area contributed by atoms with Gasteiger partial charge < -0.3 is 9.88 Å². The molecule has 0 bridgehead atoms. The number of fused-ring (bicyclic) bond motifs is 2. The summed E-state index contributed by atoms with van der Waals surface area (Å²) in [4.78, 5) is 22.2. The summed E-state index contributed by atoms with van der Waals surface area (Å²) in [7, 11) is 0. The van der Waals surface area contributed by atoms with Gasteiger partial charge in [0.25, 0.3) is 5.91 Å². The molecule has 1 aliphatic carbocycles. The number of carbonyl (C=O) groups is 1. The standard InChI is InChI=1S/C31H28N4OS/c36-30(33-27-12-6-10-24-9-4-5-11-26(24)27)25-15-13-23(14-16-25)21-37-31-34-28-17-18-32-19-29(28)35(31)20-22-7-2-1-3-8-22/h1-5,7-9,11,13-19,27H,6,10,12,20-21H2,(H,33,36)/t27-/m0/s1. The quantitative estimate of drug-likeness (QED) is 0.254. The lowest BCUT2D eigenvalue weighted by Crippen LogP contribution is -2.30. The fraction of sp³-hybridized carbons (Fsp3) is 0.194. The topological polar surface area (TPSA) is 59.8 Å². The zero-order valence-corrected chi connectivity index (χ0v) is 21.3. The predicted molar refractivity (Wildman–Crippen MR) is 149 cm³/mol. The molecule has 0 radical (unpaired) electrons. The minimum Gasteiger partial charge on any atom is -0.345 e. The second-order valence-electron chi connectivity index (χ2n) is 9.43. The fourth-order valence-electron chi connectivity index (χ4n) is 5.02. The van der Waals surface area contributed by atoms with E-state index in [1.54, 1.807) is 18.0 Å². The first-order valence-electron chi connectivity index (χ1n) is 12.7. The first-order valence-corrected chi connectivity index (χ1v) is 13.7. The number of pyridine rings is 1. The van der Waals surface area contributed by atoms with Crippen molar-refractivity contribution in [2.24, 2.45) is 0 Å². The third kappa shape index (κ3) is 5.16. The minimum atomic E-state index is -0.0157. The van der Waals surface area contributed by atoms with Gasteiger partial charge in [0, 0.05) is 17.5 Å². The largest absolute Gasteiger partial charge is 0.345 e. The highest BCUT2D eigenvalue weighted by Crippen LogP contribution is 2.30. The second kappa shape index (κ2) is 10.6. The SMILES string of the molecule is O=C(N[C@H]1CCCc2ccccc21)c1ccc(CSc2nc3ccncc3n2Cc2ccccc2)cc1. The van der Waals surface area contributed by atoms with Crippen LogP contribution in [0, 0.1) is 0 Å². The number of benzene rings is 3. The molecule has 0 unspecified atom stereocenters. The molecule has 5 nitrogen and oxygen atoms in total. The van der Waals surface area contributed by atoms with Gasteiger partial charge >= 0.3 is 0 Å². The number of thioether (sulfide) groups is 1. The molecule has 0 saturated heterocycles. The van der Waals surface area contributed by atoms with Crippen LogP contribution in [-0.2, 0) is 18.7 Å². The van der Waals surface area contributed by atoms with Crippen LogP contribution in [0.3, 0.4) is 0 Å². The second-order valence-corrected chi connectivity index (χ2v) is 10.4. The first-order chi connectivity index (χ1) is 18.2. The third-order valence-corrected chi connectivity index (χ3v) is 8.01. The minimum absolute atomic E-state index is 0.0157. The van der Waals surface area contributed by atoms with Crippen LogP contribution in [0.1, 0.15) is 51.5 Å². The van der Waals surface area contributed by atoms with Crippen molar-refractivity contribution >= 4 is 28.7 Å². The molecule has 2 heterocycles. The molecule has 2 aromatic heterocycles. The maximum Gasteiger partial charge on any atom is 0.251 e. The smallest absolute Gasteiger partial charge is 0.251 e. The normalized spacial score (nSPS) is 14.9. The number of rotatable bonds is 7. The number of amides is 1. The van der Waals surface area contributed by atoms with Crippen LogP contribution in [0.5, 0.6) is 0 Å². The summed E-state index contributed by atoms with van der Waals surface area (Å²) < 4.78 is 2.23. The van der Waals surface area contributed by atoms with Crippen molar-refractivity contribution in [2.75, 3.05) is 0 Å². The van der Waals surface area contributed by atoms with Crippen LogP contribution in [0.2, 0.25) is 0 Å². The predicted octanol–water partition coefficient (Wildman–Crippen LogP) is 6.58. The van der Waals surface area contributed by atoms with Crippen LogP contribution in [0.25, 0.3) is 11.0 Å². The highest BCUT2D eigenvalue weighted by atomic mass is 32.2. The van der Waals surface area contributed by atoms with E-state index in [0.717, 1.165) is 53.3 Å². The Morgan fingerprint density at radius 2 is 1.76 bits per heavy atom. The Kier molecular flexibility index (Phi) is 6.74. The lowest BCUT2D eigenvalue weighted by molar-refractivity contribution is 0.0932. The number of nitrogens with one attached hydrogen (secondary N) is 1. The molecule has 5 aromatic rings. The van der Waals surface area contributed by atoms with Crippen molar-refractivity contribution in [3.05, 3.63) is 125 Å². The highest BCUT2D eigenvalue weighted by Gasteiger charge is 2.22. The van der Waals surface area contributed by atoms with Gasteiger partial charge in [0.05, 0.1) is 29.8 Å². The van der Waals surface area contributed by atoms with E-state index in [-0.39, 0.29) is 11.9 Å². The van der Waals surface area contributed by atoms with E-state index in [1.165, 1.54) is 16.7 Å². The summed E-state index contributed by atoms with van der Waals surface area (Å²) in [6, 6.07) is 28.8. The molecule has 184 valence electrons. The molecular formula is C31H28N4OS. The monoisotopic (exact) mass is 504 g/mol. The number of hydrogen-bond donors (Lipinski definition) is 1. The van der Waals surface area contributed by atoms with Gasteiger partial charge in [0.2, 0.25) is 0 Å². The van der Waals surface area contributed by atoms with Crippen molar-refractivity contribution in [1.29, 1.82) is 0 Å². The molecule has 1 atom stereocenters. The Morgan fingerprint density at radius 1 is 0.946 bits per heavy atom. The molecule has 1 aliphatic rings. The molecular weight excluding hydrogens is 476 g/mol. The Labute approximate surface area is 221 Å². The summed E-state index contributed by atoms with van der Waals surface area (Å²) in [6.45, 7) is 0.745. The van der Waals surface area contributed by atoms with Crippen LogP contribution in [0.4, 0.5) is 0 Å². The van der Waals surface area contributed by atoms with Gasteiger partial charge in [-0.25, -0.2) is 4.98 Å². The summed E-state index contributed by atoms with van der Waals surface area (Å²) in [5.74, 6) is 0.752. The fourth-order valence-corrected chi connectivity index (χ4v) is 5.99. The summed E-state index contributed by atoms with van der Waals surface area (Å²) in [6.07, 6.45) is 6.84. The molecule has 6 heteroatoms. The van der Waals surface area contributed by atoms with Crippen LogP contribution < -0.4 is 5.32 Å². The Balaban J connectivity index is 1.14. The van der Waals surface area contributed by atoms with Gasteiger partial charge in [-0.3, -0.25) is 9.78 Å². The highest BCUT2D eigenvalue weighted by molar-refractivity contribution is 7.98. The molecule has 37 heavy (non-hydrogen) atoms. The number of aryl methyl sites for hydroxylation is 1. The molecule has 1 amide bonds. The third-order valence-electron chi connectivity index (χ3n) is 6.96. The summed E-state index contributed by atoms with van der Waals surface area (Å²) in [5, 5.41) is 4.21. The van der Waals surface area contributed by atoms with E-state index >= 15 is 0 Å². The van der Waals surface area contributed by atoms with Crippen molar-refractivity contribution in [3.63, 3.8) is 0 Å². The van der Waals surface area contributed by atoms with Crippen LogP contribution in [-0.4, -0.2) is 20.4 Å². The summed E-state index contributed by atoms with van der Waals surface area (Å²) in [5.41, 5.74) is 7.66. The number of nitrogens with zero attached hydrogens (tertiary/aromatic N) is 3. The first kappa shape index (κ1) is 23.5. The summed E-state index contributed by atoms with van der Waals surface area (Å²) >= 11 is 1.70. The average Bonchev–Trinajstić information content (AvgIpc) is 3.30. The Morgan fingerprint density at radius 3 is 2.62 bits per heavy atom.